The molecule has 1 aliphatic rings. The van der Waals surface area contributed by atoms with Crippen LogP contribution in [0, 0.1) is 5.92 Å². The van der Waals surface area contributed by atoms with Crippen LogP contribution < -0.4 is 5.32 Å². The maximum absolute atomic E-state index is 5.82. The molecule has 0 aliphatic carbocycles. The van der Waals surface area contributed by atoms with Gasteiger partial charge in [-0.05, 0) is 42.3 Å². The SMILES string of the molecule is CC(C)c1ccc(COCC2CCCNC2)cc1. The minimum atomic E-state index is 0.605. The minimum absolute atomic E-state index is 0.605. The topological polar surface area (TPSA) is 21.3 Å². The molecule has 18 heavy (non-hydrogen) atoms. The van der Waals surface area contributed by atoms with E-state index >= 15 is 0 Å². The van der Waals surface area contributed by atoms with E-state index in [0.717, 1.165) is 19.8 Å². The molecule has 0 spiro atoms. The van der Waals surface area contributed by atoms with Crippen molar-refractivity contribution in [2.75, 3.05) is 19.7 Å². The van der Waals surface area contributed by atoms with Gasteiger partial charge in [-0.1, -0.05) is 38.1 Å². The fourth-order valence-electron chi connectivity index (χ4n) is 2.41. The maximum Gasteiger partial charge on any atom is 0.0717 e. The van der Waals surface area contributed by atoms with Crippen LogP contribution in [0.3, 0.4) is 0 Å². The third-order valence-corrected chi connectivity index (χ3v) is 3.67. The lowest BCUT2D eigenvalue weighted by atomic mass is 10.0. The molecule has 2 rings (SSSR count). The highest BCUT2D eigenvalue weighted by atomic mass is 16.5. The molecule has 1 atom stereocenters. The Morgan fingerprint density at radius 3 is 2.67 bits per heavy atom. The van der Waals surface area contributed by atoms with Crippen molar-refractivity contribution in [3.05, 3.63) is 35.4 Å². The average molecular weight is 247 g/mol. The summed E-state index contributed by atoms with van der Waals surface area (Å²) in [6.07, 6.45) is 2.59. The number of piperidine rings is 1. The second-order valence-corrected chi connectivity index (χ2v) is 5.62. The molecule has 1 heterocycles. The summed E-state index contributed by atoms with van der Waals surface area (Å²) < 4.78 is 5.82. The monoisotopic (exact) mass is 247 g/mol. The first-order valence-corrected chi connectivity index (χ1v) is 7.13. The molecule has 1 aromatic carbocycles. The van der Waals surface area contributed by atoms with Crippen LogP contribution >= 0.6 is 0 Å². The van der Waals surface area contributed by atoms with Crippen LogP contribution in [0.1, 0.15) is 43.7 Å². The molecule has 1 saturated heterocycles. The van der Waals surface area contributed by atoms with Gasteiger partial charge >= 0.3 is 0 Å². The highest BCUT2D eigenvalue weighted by Gasteiger charge is 2.12. The van der Waals surface area contributed by atoms with Crippen molar-refractivity contribution >= 4 is 0 Å². The maximum atomic E-state index is 5.82. The van der Waals surface area contributed by atoms with Gasteiger partial charge in [0.25, 0.3) is 0 Å². The Labute approximate surface area is 111 Å². The van der Waals surface area contributed by atoms with E-state index in [2.05, 4.69) is 43.4 Å². The predicted octanol–water partition coefficient (Wildman–Crippen LogP) is 3.33. The summed E-state index contributed by atoms with van der Waals surface area (Å²) in [4.78, 5) is 0. The molecule has 0 saturated carbocycles. The van der Waals surface area contributed by atoms with E-state index in [1.54, 1.807) is 0 Å². The molecular formula is C16H25NO. The van der Waals surface area contributed by atoms with Crippen molar-refractivity contribution in [3.63, 3.8) is 0 Å². The Bertz CT molecular complexity index is 339. The molecule has 1 fully saturated rings. The molecule has 2 nitrogen and oxygen atoms in total. The van der Waals surface area contributed by atoms with Crippen molar-refractivity contribution in [1.82, 2.24) is 5.32 Å². The Morgan fingerprint density at radius 2 is 2.06 bits per heavy atom. The summed E-state index contributed by atoms with van der Waals surface area (Å²) in [6.45, 7) is 8.37. The molecule has 0 amide bonds. The lowest BCUT2D eigenvalue weighted by Gasteiger charge is -2.22. The summed E-state index contributed by atoms with van der Waals surface area (Å²) >= 11 is 0. The van der Waals surface area contributed by atoms with Gasteiger partial charge in [-0.25, -0.2) is 0 Å². The van der Waals surface area contributed by atoms with Crippen LogP contribution in [-0.2, 0) is 11.3 Å². The summed E-state index contributed by atoms with van der Waals surface area (Å²) in [5, 5.41) is 3.42. The number of ether oxygens (including phenoxy) is 1. The highest BCUT2D eigenvalue weighted by molar-refractivity contribution is 5.24. The fraction of sp³-hybridized carbons (Fsp3) is 0.625. The quantitative estimate of drug-likeness (QED) is 0.861. The number of benzene rings is 1. The molecular weight excluding hydrogens is 222 g/mol. The van der Waals surface area contributed by atoms with Crippen LogP contribution in [0.2, 0.25) is 0 Å². The third-order valence-electron chi connectivity index (χ3n) is 3.67. The summed E-state index contributed by atoms with van der Waals surface area (Å²) in [7, 11) is 0. The van der Waals surface area contributed by atoms with Crippen LogP contribution in [-0.4, -0.2) is 19.7 Å². The third kappa shape index (κ3) is 4.11. The first-order chi connectivity index (χ1) is 8.75. The van der Waals surface area contributed by atoms with Crippen LogP contribution in [0.5, 0.6) is 0 Å². The zero-order valence-electron chi connectivity index (χ0n) is 11.6. The van der Waals surface area contributed by atoms with Crippen molar-refractivity contribution in [3.8, 4) is 0 Å². The zero-order chi connectivity index (χ0) is 12.8. The van der Waals surface area contributed by atoms with E-state index in [1.165, 1.54) is 30.5 Å². The van der Waals surface area contributed by atoms with Crippen LogP contribution in [0.4, 0.5) is 0 Å². The van der Waals surface area contributed by atoms with E-state index in [-0.39, 0.29) is 0 Å². The smallest absolute Gasteiger partial charge is 0.0717 e. The average Bonchev–Trinajstić information content (AvgIpc) is 2.40. The second-order valence-electron chi connectivity index (χ2n) is 5.62. The van der Waals surface area contributed by atoms with E-state index in [1.807, 2.05) is 0 Å². The summed E-state index contributed by atoms with van der Waals surface area (Å²) in [6, 6.07) is 8.81. The fourth-order valence-corrected chi connectivity index (χ4v) is 2.41. The Morgan fingerprint density at radius 1 is 1.28 bits per heavy atom. The van der Waals surface area contributed by atoms with Gasteiger partial charge in [-0.15, -0.1) is 0 Å². The van der Waals surface area contributed by atoms with Crippen molar-refractivity contribution < 1.29 is 4.74 Å². The van der Waals surface area contributed by atoms with E-state index in [4.69, 9.17) is 4.74 Å². The van der Waals surface area contributed by atoms with Gasteiger partial charge in [0.2, 0.25) is 0 Å². The second kappa shape index (κ2) is 6.91. The Kier molecular flexibility index (Phi) is 5.21. The molecule has 0 radical (unpaired) electrons. The molecule has 1 unspecified atom stereocenters. The molecule has 0 bridgehead atoms. The van der Waals surface area contributed by atoms with E-state index < -0.39 is 0 Å². The Balaban J connectivity index is 1.72. The standard InChI is InChI=1S/C16H25NO/c1-13(2)16-7-5-14(6-8-16)11-18-12-15-4-3-9-17-10-15/h5-8,13,15,17H,3-4,9-12H2,1-2H3. The molecule has 2 heteroatoms. The Hall–Kier alpha value is -0.860. The van der Waals surface area contributed by atoms with Crippen molar-refractivity contribution in [1.29, 1.82) is 0 Å². The van der Waals surface area contributed by atoms with E-state index in [9.17, 15) is 0 Å². The van der Waals surface area contributed by atoms with Crippen LogP contribution in [0.25, 0.3) is 0 Å². The largest absolute Gasteiger partial charge is 0.376 e. The minimum Gasteiger partial charge on any atom is -0.376 e. The number of hydrogen-bond donors (Lipinski definition) is 1. The lowest BCUT2D eigenvalue weighted by molar-refractivity contribution is 0.0783. The van der Waals surface area contributed by atoms with Gasteiger partial charge in [0.05, 0.1) is 13.2 Å². The van der Waals surface area contributed by atoms with Gasteiger partial charge in [0.15, 0.2) is 0 Å². The zero-order valence-corrected chi connectivity index (χ0v) is 11.6. The van der Waals surface area contributed by atoms with Gasteiger partial charge in [0.1, 0.15) is 0 Å². The number of rotatable bonds is 5. The van der Waals surface area contributed by atoms with Gasteiger partial charge in [0, 0.05) is 6.54 Å². The summed E-state index contributed by atoms with van der Waals surface area (Å²) in [5.41, 5.74) is 2.68. The van der Waals surface area contributed by atoms with Gasteiger partial charge in [-0.2, -0.15) is 0 Å². The predicted molar refractivity (Wildman–Crippen MR) is 75.8 cm³/mol. The van der Waals surface area contributed by atoms with Gasteiger partial charge < -0.3 is 10.1 Å². The molecule has 100 valence electrons. The van der Waals surface area contributed by atoms with Crippen LogP contribution in [0.15, 0.2) is 24.3 Å². The lowest BCUT2D eigenvalue weighted by Crippen LogP contribution is -2.32. The first-order valence-electron chi connectivity index (χ1n) is 7.13. The van der Waals surface area contributed by atoms with E-state index in [0.29, 0.717) is 11.8 Å². The van der Waals surface area contributed by atoms with Gasteiger partial charge in [-0.3, -0.25) is 0 Å². The van der Waals surface area contributed by atoms with Crippen molar-refractivity contribution in [2.45, 2.75) is 39.2 Å². The normalized spacial score (nSPS) is 20.3. The number of nitrogens with one attached hydrogen (secondary N) is 1. The first kappa shape index (κ1) is 13.6. The summed E-state index contributed by atoms with van der Waals surface area (Å²) in [5.74, 6) is 1.31. The number of hydrogen-bond acceptors (Lipinski definition) is 2. The highest BCUT2D eigenvalue weighted by Crippen LogP contribution is 2.16. The molecule has 0 aromatic heterocycles. The van der Waals surface area contributed by atoms with Crippen molar-refractivity contribution in [2.24, 2.45) is 5.92 Å². The molecule has 1 N–H and O–H groups in total. The molecule has 1 aliphatic heterocycles. The molecule has 1 aromatic rings.